The number of amides is 2. The van der Waals surface area contributed by atoms with E-state index < -0.39 is 28.5 Å². The fourth-order valence-electron chi connectivity index (χ4n) is 4.51. The lowest BCUT2D eigenvalue weighted by Crippen LogP contribution is -2.53. The Morgan fingerprint density at radius 2 is 1.45 bits per heavy atom. The first-order valence-electron chi connectivity index (χ1n) is 12.7. The van der Waals surface area contributed by atoms with Gasteiger partial charge in [-0.05, 0) is 49.9 Å². The van der Waals surface area contributed by atoms with Crippen molar-refractivity contribution >= 4 is 27.5 Å². The number of hydrogen-bond acceptors (Lipinski definition) is 4. The lowest BCUT2D eigenvalue weighted by Gasteiger charge is -2.34. The average Bonchev–Trinajstić information content (AvgIpc) is 2.86. The van der Waals surface area contributed by atoms with Gasteiger partial charge >= 0.3 is 0 Å². The summed E-state index contributed by atoms with van der Waals surface area (Å²) in [6, 6.07) is 21.9. The number of carbonyl (C=O) groups is 2. The molecule has 0 saturated heterocycles. The van der Waals surface area contributed by atoms with Gasteiger partial charge in [-0.3, -0.25) is 13.9 Å². The van der Waals surface area contributed by atoms with Crippen LogP contribution in [0.4, 0.5) is 5.69 Å². The number of rotatable bonds is 11. The van der Waals surface area contributed by atoms with Crippen molar-refractivity contribution in [1.82, 2.24) is 10.2 Å². The van der Waals surface area contributed by atoms with Crippen LogP contribution < -0.4 is 9.62 Å². The van der Waals surface area contributed by atoms with E-state index in [1.165, 1.54) is 4.90 Å². The first-order valence-corrected chi connectivity index (χ1v) is 14.6. The van der Waals surface area contributed by atoms with Crippen molar-refractivity contribution in [2.24, 2.45) is 0 Å². The van der Waals surface area contributed by atoms with Gasteiger partial charge in [0.05, 0.1) is 11.9 Å². The quantitative estimate of drug-likeness (QED) is 0.400. The van der Waals surface area contributed by atoms with Gasteiger partial charge in [0, 0.05) is 19.5 Å². The lowest BCUT2D eigenvalue weighted by atomic mass is 10.0. The minimum Gasteiger partial charge on any atom is -0.355 e. The smallest absolute Gasteiger partial charge is 0.244 e. The number of carbonyl (C=O) groups excluding carboxylic acids is 2. The Hall–Kier alpha value is -3.65. The van der Waals surface area contributed by atoms with Crippen molar-refractivity contribution in [3.63, 3.8) is 0 Å². The van der Waals surface area contributed by atoms with Crippen LogP contribution >= 0.6 is 0 Å². The van der Waals surface area contributed by atoms with Gasteiger partial charge < -0.3 is 10.2 Å². The van der Waals surface area contributed by atoms with Crippen molar-refractivity contribution in [2.75, 3.05) is 23.7 Å². The van der Waals surface area contributed by atoms with Crippen molar-refractivity contribution in [2.45, 2.75) is 46.7 Å². The zero-order chi connectivity index (χ0) is 27.9. The molecule has 8 heteroatoms. The molecule has 38 heavy (non-hydrogen) atoms. The van der Waals surface area contributed by atoms with E-state index in [1.54, 1.807) is 0 Å². The first-order chi connectivity index (χ1) is 18.0. The molecular formula is C30H37N3O4S. The van der Waals surface area contributed by atoms with Crippen LogP contribution in [0, 0.1) is 20.8 Å². The molecule has 0 bridgehead atoms. The molecule has 0 aromatic heterocycles. The number of nitrogens with zero attached hydrogens (tertiary/aromatic N) is 2. The molecule has 1 N–H and O–H groups in total. The van der Waals surface area contributed by atoms with Crippen molar-refractivity contribution in [1.29, 1.82) is 0 Å². The molecule has 0 radical (unpaired) electrons. The van der Waals surface area contributed by atoms with Crippen LogP contribution in [0.2, 0.25) is 0 Å². The van der Waals surface area contributed by atoms with Gasteiger partial charge in [-0.15, -0.1) is 0 Å². The van der Waals surface area contributed by atoms with E-state index >= 15 is 0 Å². The molecule has 0 saturated carbocycles. The highest BCUT2D eigenvalue weighted by atomic mass is 32.2. The van der Waals surface area contributed by atoms with Gasteiger partial charge in [-0.1, -0.05) is 78.4 Å². The van der Waals surface area contributed by atoms with Gasteiger partial charge in [-0.25, -0.2) is 8.42 Å². The van der Waals surface area contributed by atoms with Crippen LogP contribution in [0.15, 0.2) is 72.8 Å². The van der Waals surface area contributed by atoms with Gasteiger partial charge in [0.15, 0.2) is 0 Å². The summed E-state index contributed by atoms with van der Waals surface area (Å²) >= 11 is 0. The Bertz CT molecular complexity index is 1340. The van der Waals surface area contributed by atoms with Crippen molar-refractivity contribution in [3.8, 4) is 0 Å². The number of nitrogens with one attached hydrogen (secondary N) is 1. The number of hydrogen-bond donors (Lipinski definition) is 1. The zero-order valence-electron chi connectivity index (χ0n) is 22.8. The molecule has 3 aromatic rings. The molecule has 202 valence electrons. The van der Waals surface area contributed by atoms with E-state index in [1.807, 2.05) is 100 Å². The molecule has 3 aromatic carbocycles. The number of benzene rings is 3. The molecule has 1 atom stereocenters. The second-order valence-corrected chi connectivity index (χ2v) is 11.5. The Balaban J connectivity index is 2.07. The van der Waals surface area contributed by atoms with Gasteiger partial charge in [0.25, 0.3) is 0 Å². The third kappa shape index (κ3) is 7.44. The van der Waals surface area contributed by atoms with Crippen LogP contribution in [-0.4, -0.2) is 50.5 Å². The molecule has 0 unspecified atom stereocenters. The summed E-state index contributed by atoms with van der Waals surface area (Å²) < 4.78 is 27.1. The largest absolute Gasteiger partial charge is 0.355 e. The Kier molecular flexibility index (Phi) is 9.69. The van der Waals surface area contributed by atoms with E-state index in [2.05, 4.69) is 5.32 Å². The maximum Gasteiger partial charge on any atom is 0.244 e. The fraction of sp³-hybridized carbons (Fsp3) is 0.333. The molecule has 0 fully saturated rings. The molecule has 0 aliphatic carbocycles. The molecule has 0 spiro atoms. The molecule has 0 aliphatic rings. The van der Waals surface area contributed by atoms with Crippen LogP contribution in [0.1, 0.15) is 34.7 Å². The van der Waals surface area contributed by atoms with Gasteiger partial charge in [0.1, 0.15) is 12.6 Å². The van der Waals surface area contributed by atoms with Gasteiger partial charge in [0.2, 0.25) is 21.8 Å². The summed E-state index contributed by atoms with van der Waals surface area (Å²) in [4.78, 5) is 28.9. The summed E-state index contributed by atoms with van der Waals surface area (Å²) in [6.45, 7) is 7.61. The van der Waals surface area contributed by atoms with E-state index in [-0.39, 0.29) is 12.5 Å². The number of anilines is 1. The second-order valence-electron chi connectivity index (χ2n) is 9.62. The van der Waals surface area contributed by atoms with Crippen LogP contribution in [0.5, 0.6) is 0 Å². The summed E-state index contributed by atoms with van der Waals surface area (Å²) in [5, 5.41) is 2.86. The molecule has 7 nitrogen and oxygen atoms in total. The minimum atomic E-state index is -3.80. The molecule has 3 rings (SSSR count). The van der Waals surface area contributed by atoms with Gasteiger partial charge in [-0.2, -0.15) is 0 Å². The normalized spacial score (nSPS) is 12.0. The predicted octanol–water partition coefficient (Wildman–Crippen LogP) is 4.15. The maximum absolute atomic E-state index is 14.0. The number of sulfonamides is 1. The standard InChI is InChI=1S/C30H37N3O4S/c1-6-31-30(35)27(19-25-13-8-7-9-14-25)32(20-26-17-15-22(2)16-18-26)28(34)21-33(38(5,36)37)29-23(3)11-10-12-24(29)4/h7-18,27H,6,19-21H2,1-5H3,(H,31,35)/t27-/m1/s1. The topological polar surface area (TPSA) is 86.8 Å². The maximum atomic E-state index is 14.0. The first kappa shape index (κ1) is 28.9. The van der Waals surface area contributed by atoms with E-state index in [0.29, 0.717) is 18.7 Å². The highest BCUT2D eigenvalue weighted by molar-refractivity contribution is 7.92. The Labute approximate surface area is 226 Å². The molecule has 0 heterocycles. The van der Waals surface area contributed by atoms with Crippen LogP contribution in [-0.2, 0) is 32.6 Å². The molecular weight excluding hydrogens is 498 g/mol. The summed E-state index contributed by atoms with van der Waals surface area (Å²) in [7, 11) is -3.80. The predicted molar refractivity (Wildman–Crippen MR) is 152 cm³/mol. The third-order valence-electron chi connectivity index (χ3n) is 6.46. The van der Waals surface area contributed by atoms with Crippen molar-refractivity contribution < 1.29 is 18.0 Å². The van der Waals surface area contributed by atoms with E-state index in [0.717, 1.165) is 38.4 Å². The van der Waals surface area contributed by atoms with Crippen molar-refractivity contribution in [3.05, 3.63) is 101 Å². The molecule has 0 aliphatic heterocycles. The highest BCUT2D eigenvalue weighted by Crippen LogP contribution is 2.27. The highest BCUT2D eigenvalue weighted by Gasteiger charge is 2.33. The fourth-order valence-corrected chi connectivity index (χ4v) is 5.48. The Morgan fingerprint density at radius 1 is 0.842 bits per heavy atom. The summed E-state index contributed by atoms with van der Waals surface area (Å²) in [5.41, 5.74) is 4.81. The monoisotopic (exact) mass is 535 g/mol. The second kappa shape index (κ2) is 12.7. The van der Waals surface area contributed by atoms with E-state index in [4.69, 9.17) is 0 Å². The molecule has 2 amide bonds. The average molecular weight is 536 g/mol. The lowest BCUT2D eigenvalue weighted by molar-refractivity contribution is -0.140. The SMILES string of the molecule is CCNC(=O)[C@@H](Cc1ccccc1)N(Cc1ccc(C)cc1)C(=O)CN(c1c(C)cccc1C)S(C)(=O)=O. The van der Waals surface area contributed by atoms with Crippen LogP contribution in [0.25, 0.3) is 0 Å². The number of aryl methyl sites for hydroxylation is 3. The van der Waals surface area contributed by atoms with E-state index in [9.17, 15) is 18.0 Å². The van der Waals surface area contributed by atoms with Crippen LogP contribution in [0.3, 0.4) is 0 Å². The summed E-state index contributed by atoms with van der Waals surface area (Å²) in [6.07, 6.45) is 1.40. The number of likely N-dealkylation sites (N-methyl/N-ethyl adjacent to an activating group) is 1. The third-order valence-corrected chi connectivity index (χ3v) is 7.58. The zero-order valence-corrected chi connectivity index (χ0v) is 23.6. The summed E-state index contributed by atoms with van der Waals surface area (Å²) in [5.74, 6) is -0.736. The number of para-hydroxylation sites is 1. The minimum absolute atomic E-state index is 0.165. The Morgan fingerprint density at radius 3 is 2.00 bits per heavy atom.